The van der Waals surface area contributed by atoms with Crippen LogP contribution in [0, 0.1) is 10.1 Å². The number of oxime groups is 1. The highest BCUT2D eigenvalue weighted by Gasteiger charge is 2.31. The minimum Gasteiger partial charge on any atom is -0.463 e. The van der Waals surface area contributed by atoms with E-state index < -0.39 is 47.0 Å². The standard InChI is InChI=1S/C23H22ClF3N2O9/c1-4-35-21(30)12-36-22(31)13(2)38-28-18(11-34-3)16-10-15(6-7-19(16)29(32)33)37-20-8-5-14(9-17(20)24)23(25,26)27/h5-10,13H,4,11-12H2,1-3H3. The Kier molecular flexibility index (Phi) is 10.8. The van der Waals surface area contributed by atoms with E-state index in [-0.39, 0.29) is 41.0 Å². The maximum atomic E-state index is 12.9. The number of methoxy groups -OCH3 is 1. The maximum absolute atomic E-state index is 12.9. The van der Waals surface area contributed by atoms with Gasteiger partial charge in [0.1, 0.15) is 17.2 Å². The van der Waals surface area contributed by atoms with Crippen molar-refractivity contribution in [1.29, 1.82) is 0 Å². The lowest BCUT2D eigenvalue weighted by Crippen LogP contribution is -2.26. The molecule has 0 radical (unpaired) electrons. The number of benzene rings is 2. The van der Waals surface area contributed by atoms with E-state index in [2.05, 4.69) is 9.89 Å². The summed E-state index contributed by atoms with van der Waals surface area (Å²) in [5.74, 6) is -1.89. The van der Waals surface area contributed by atoms with Crippen molar-refractivity contribution in [2.24, 2.45) is 5.16 Å². The van der Waals surface area contributed by atoms with Gasteiger partial charge in [0.2, 0.25) is 6.10 Å². The Morgan fingerprint density at radius 1 is 1.13 bits per heavy atom. The summed E-state index contributed by atoms with van der Waals surface area (Å²) in [6, 6.07) is 5.90. The number of carbonyl (C=O) groups is 2. The number of hydrogen-bond donors (Lipinski definition) is 0. The Hall–Kier alpha value is -3.91. The van der Waals surface area contributed by atoms with Gasteiger partial charge in [-0.25, -0.2) is 9.59 Å². The summed E-state index contributed by atoms with van der Waals surface area (Å²) in [5.41, 5.74) is -1.69. The van der Waals surface area contributed by atoms with Gasteiger partial charge in [-0.15, -0.1) is 0 Å². The molecule has 2 rings (SSSR count). The summed E-state index contributed by atoms with van der Waals surface area (Å²) in [4.78, 5) is 39.4. The molecule has 1 atom stereocenters. The van der Waals surface area contributed by atoms with Gasteiger partial charge in [0.15, 0.2) is 6.61 Å². The zero-order chi connectivity index (χ0) is 28.5. The minimum atomic E-state index is -4.61. The molecule has 0 saturated carbocycles. The van der Waals surface area contributed by atoms with Crippen LogP contribution in [0.15, 0.2) is 41.6 Å². The normalized spacial score (nSPS) is 12.4. The lowest BCUT2D eigenvalue weighted by Gasteiger charge is -2.13. The zero-order valence-electron chi connectivity index (χ0n) is 20.2. The first-order valence-electron chi connectivity index (χ1n) is 10.7. The van der Waals surface area contributed by atoms with Crippen LogP contribution < -0.4 is 4.74 Å². The molecule has 0 aliphatic carbocycles. The number of nitro groups is 1. The molecule has 0 aromatic heterocycles. The second-order valence-electron chi connectivity index (χ2n) is 7.31. The fourth-order valence-electron chi connectivity index (χ4n) is 2.78. The van der Waals surface area contributed by atoms with E-state index in [1.54, 1.807) is 6.92 Å². The Morgan fingerprint density at radius 3 is 2.42 bits per heavy atom. The van der Waals surface area contributed by atoms with Crippen molar-refractivity contribution in [3.8, 4) is 11.5 Å². The molecular formula is C23H22ClF3N2O9. The summed E-state index contributed by atoms with van der Waals surface area (Å²) in [6.07, 6.45) is -5.93. The van der Waals surface area contributed by atoms with Gasteiger partial charge in [0.25, 0.3) is 5.69 Å². The molecule has 0 saturated heterocycles. The number of nitro benzene ring substituents is 1. The summed E-state index contributed by atoms with van der Waals surface area (Å²) < 4.78 is 58.7. The number of hydrogen-bond acceptors (Lipinski definition) is 10. The van der Waals surface area contributed by atoms with Crippen molar-refractivity contribution >= 4 is 34.9 Å². The number of halogens is 4. The molecule has 2 aromatic carbocycles. The van der Waals surface area contributed by atoms with Crippen LogP contribution in [0.1, 0.15) is 25.0 Å². The average Bonchev–Trinajstić information content (AvgIpc) is 2.85. The quantitative estimate of drug-likeness (QED) is 0.153. The van der Waals surface area contributed by atoms with Crippen molar-refractivity contribution in [1.82, 2.24) is 0 Å². The van der Waals surface area contributed by atoms with Crippen LogP contribution in [-0.4, -0.2) is 55.6 Å². The molecule has 15 heteroatoms. The molecule has 11 nitrogen and oxygen atoms in total. The van der Waals surface area contributed by atoms with Gasteiger partial charge in [-0.3, -0.25) is 10.1 Å². The van der Waals surface area contributed by atoms with E-state index in [9.17, 15) is 32.9 Å². The van der Waals surface area contributed by atoms with Crippen molar-refractivity contribution in [3.05, 3.63) is 62.7 Å². The molecule has 0 bridgehead atoms. The molecule has 0 amide bonds. The number of ether oxygens (including phenoxy) is 4. The summed E-state index contributed by atoms with van der Waals surface area (Å²) in [7, 11) is 1.28. The topological polar surface area (TPSA) is 136 Å². The molecule has 2 aromatic rings. The SMILES string of the molecule is CCOC(=O)COC(=O)C(C)ON=C(COC)c1cc(Oc2ccc(C(F)(F)F)cc2Cl)ccc1[N+](=O)[O-]. The number of alkyl halides is 3. The van der Waals surface area contributed by atoms with Gasteiger partial charge in [0.05, 0.1) is 34.3 Å². The van der Waals surface area contributed by atoms with E-state index in [1.165, 1.54) is 26.2 Å². The highest BCUT2D eigenvalue weighted by Crippen LogP contribution is 2.37. The smallest absolute Gasteiger partial charge is 0.416 e. The Labute approximate surface area is 219 Å². The molecule has 206 valence electrons. The van der Waals surface area contributed by atoms with Gasteiger partial charge in [-0.05, 0) is 44.2 Å². The van der Waals surface area contributed by atoms with Crippen molar-refractivity contribution in [3.63, 3.8) is 0 Å². The Balaban J connectivity index is 2.32. The van der Waals surface area contributed by atoms with Crippen LogP contribution in [-0.2, 0) is 34.8 Å². The largest absolute Gasteiger partial charge is 0.463 e. The first kappa shape index (κ1) is 30.3. The van der Waals surface area contributed by atoms with E-state index in [1.807, 2.05) is 0 Å². The van der Waals surface area contributed by atoms with Crippen molar-refractivity contribution in [2.45, 2.75) is 26.1 Å². The van der Waals surface area contributed by atoms with Crippen LogP contribution in [0.3, 0.4) is 0 Å². The molecule has 38 heavy (non-hydrogen) atoms. The molecule has 0 N–H and O–H groups in total. The third kappa shape index (κ3) is 8.59. The van der Waals surface area contributed by atoms with Crippen LogP contribution in [0.2, 0.25) is 5.02 Å². The monoisotopic (exact) mass is 562 g/mol. The van der Waals surface area contributed by atoms with Gasteiger partial charge < -0.3 is 23.8 Å². The highest BCUT2D eigenvalue weighted by atomic mass is 35.5. The number of nitrogens with zero attached hydrogens (tertiary/aromatic N) is 2. The third-order valence-electron chi connectivity index (χ3n) is 4.53. The fraction of sp³-hybridized carbons (Fsp3) is 0.348. The Bertz CT molecular complexity index is 1210. The summed E-state index contributed by atoms with van der Waals surface area (Å²) >= 11 is 5.93. The van der Waals surface area contributed by atoms with Gasteiger partial charge in [-0.1, -0.05) is 16.8 Å². The lowest BCUT2D eigenvalue weighted by molar-refractivity contribution is -0.385. The second-order valence-corrected chi connectivity index (χ2v) is 7.72. The molecule has 0 heterocycles. The second kappa shape index (κ2) is 13.6. The number of carbonyl (C=O) groups excluding carboxylic acids is 2. The predicted molar refractivity (Wildman–Crippen MR) is 126 cm³/mol. The molecule has 0 fully saturated rings. The third-order valence-corrected chi connectivity index (χ3v) is 4.83. The molecule has 1 unspecified atom stereocenters. The van der Waals surface area contributed by atoms with Gasteiger partial charge >= 0.3 is 18.1 Å². The maximum Gasteiger partial charge on any atom is 0.416 e. The molecule has 0 aliphatic rings. The lowest BCUT2D eigenvalue weighted by atomic mass is 10.1. The summed E-state index contributed by atoms with van der Waals surface area (Å²) in [6.45, 7) is 1.98. The van der Waals surface area contributed by atoms with E-state index in [4.69, 9.17) is 30.6 Å². The van der Waals surface area contributed by atoms with Crippen molar-refractivity contribution < 1.29 is 51.5 Å². The van der Waals surface area contributed by atoms with Crippen LogP contribution in [0.5, 0.6) is 11.5 Å². The van der Waals surface area contributed by atoms with E-state index in [0.717, 1.165) is 18.2 Å². The molecular weight excluding hydrogens is 541 g/mol. The Morgan fingerprint density at radius 2 is 1.84 bits per heavy atom. The van der Waals surface area contributed by atoms with Crippen molar-refractivity contribution in [2.75, 3.05) is 26.9 Å². The number of esters is 2. The first-order chi connectivity index (χ1) is 17.9. The zero-order valence-corrected chi connectivity index (χ0v) is 21.0. The molecule has 0 spiro atoms. The van der Waals surface area contributed by atoms with Gasteiger partial charge in [0, 0.05) is 13.2 Å². The number of rotatable bonds is 12. The van der Waals surface area contributed by atoms with E-state index in [0.29, 0.717) is 6.07 Å². The van der Waals surface area contributed by atoms with Gasteiger partial charge in [-0.2, -0.15) is 13.2 Å². The van der Waals surface area contributed by atoms with Crippen LogP contribution >= 0.6 is 11.6 Å². The predicted octanol–water partition coefficient (Wildman–Crippen LogP) is 4.92. The van der Waals surface area contributed by atoms with Crippen LogP contribution in [0.25, 0.3) is 0 Å². The van der Waals surface area contributed by atoms with E-state index >= 15 is 0 Å². The fourth-order valence-corrected chi connectivity index (χ4v) is 3.00. The average molecular weight is 563 g/mol. The summed E-state index contributed by atoms with van der Waals surface area (Å²) in [5, 5.41) is 15.1. The molecule has 0 aliphatic heterocycles. The highest BCUT2D eigenvalue weighted by molar-refractivity contribution is 6.32. The van der Waals surface area contributed by atoms with Crippen LogP contribution in [0.4, 0.5) is 18.9 Å². The first-order valence-corrected chi connectivity index (χ1v) is 11.1. The minimum absolute atomic E-state index is 0.0297.